The zero-order chi connectivity index (χ0) is 8.81. The van der Waals surface area contributed by atoms with Crippen LogP contribution in [0.5, 0.6) is 0 Å². The Morgan fingerprint density at radius 3 is 2.83 bits per heavy atom. The number of carboxylic acid groups (broad SMARTS) is 1. The molecule has 0 radical (unpaired) electrons. The minimum Gasteiger partial charge on any atom is -0.481 e. The van der Waals surface area contributed by atoms with E-state index >= 15 is 0 Å². The van der Waals surface area contributed by atoms with Gasteiger partial charge in [-0.1, -0.05) is 12.5 Å². The first kappa shape index (κ1) is 9.10. The van der Waals surface area contributed by atoms with Crippen molar-refractivity contribution in [2.45, 2.75) is 32.1 Å². The van der Waals surface area contributed by atoms with E-state index in [9.17, 15) is 4.79 Å². The third-order valence-corrected chi connectivity index (χ3v) is 1.83. The van der Waals surface area contributed by atoms with Gasteiger partial charge in [0, 0.05) is 25.1 Å². The number of unbranched alkanes of at least 4 members (excludes halogenated alkanes) is 2. The fraction of sp³-hybridized carbons (Fsp3) is 0.667. The molecule has 0 fully saturated rings. The van der Waals surface area contributed by atoms with Gasteiger partial charge in [-0.2, -0.15) is 0 Å². The molecular formula is C9H15NO2. The van der Waals surface area contributed by atoms with E-state index < -0.39 is 5.97 Å². The molecule has 2 N–H and O–H groups in total. The minimum absolute atomic E-state index is 0.308. The fourth-order valence-electron chi connectivity index (χ4n) is 1.02. The Balaban J connectivity index is 1.76. The van der Waals surface area contributed by atoms with Crippen LogP contribution in [0, 0.1) is 0 Å². The van der Waals surface area contributed by atoms with Crippen LogP contribution in [0.4, 0.5) is 0 Å². The Morgan fingerprint density at radius 1 is 1.50 bits per heavy atom. The average molecular weight is 169 g/mol. The molecule has 0 spiro atoms. The maximum Gasteiger partial charge on any atom is 0.303 e. The summed E-state index contributed by atoms with van der Waals surface area (Å²) in [6.45, 7) is 0.992. The van der Waals surface area contributed by atoms with Crippen molar-refractivity contribution in [3.05, 3.63) is 11.8 Å². The van der Waals surface area contributed by atoms with Crippen LogP contribution in [0.15, 0.2) is 11.8 Å². The Hall–Kier alpha value is -0.990. The van der Waals surface area contributed by atoms with Crippen LogP contribution < -0.4 is 5.32 Å². The summed E-state index contributed by atoms with van der Waals surface area (Å²) in [4.78, 5) is 10.1. The summed E-state index contributed by atoms with van der Waals surface area (Å²) in [5, 5.41) is 11.6. The maximum atomic E-state index is 10.1. The minimum atomic E-state index is -0.687. The number of allylic oxidation sites excluding steroid dienone is 2. The molecule has 0 atom stereocenters. The van der Waals surface area contributed by atoms with Gasteiger partial charge in [-0.25, -0.2) is 0 Å². The van der Waals surface area contributed by atoms with E-state index in [0.717, 1.165) is 32.2 Å². The normalized spacial score (nSPS) is 13.8. The van der Waals surface area contributed by atoms with Crippen LogP contribution in [0.25, 0.3) is 0 Å². The molecule has 1 aliphatic carbocycles. The number of carbonyl (C=O) groups is 1. The molecule has 0 heterocycles. The topological polar surface area (TPSA) is 49.3 Å². The summed E-state index contributed by atoms with van der Waals surface area (Å²) in [7, 11) is 0. The Morgan fingerprint density at radius 2 is 2.25 bits per heavy atom. The summed E-state index contributed by atoms with van der Waals surface area (Å²) in [5.74, 6) is -0.687. The zero-order valence-electron chi connectivity index (χ0n) is 7.18. The van der Waals surface area contributed by atoms with Crippen LogP contribution >= 0.6 is 0 Å². The maximum absolute atomic E-state index is 10.1. The van der Waals surface area contributed by atoms with E-state index in [-0.39, 0.29) is 0 Å². The highest BCUT2D eigenvalue weighted by Gasteiger charge is 2.04. The highest BCUT2D eigenvalue weighted by Crippen LogP contribution is 2.13. The van der Waals surface area contributed by atoms with Crippen LogP contribution in [-0.4, -0.2) is 17.6 Å². The molecule has 0 aromatic heterocycles. The van der Waals surface area contributed by atoms with Gasteiger partial charge < -0.3 is 10.4 Å². The van der Waals surface area contributed by atoms with Crippen LogP contribution in [-0.2, 0) is 4.79 Å². The third kappa shape index (κ3) is 4.77. The predicted octanol–water partition coefficient (Wildman–Crippen LogP) is 1.51. The smallest absolute Gasteiger partial charge is 0.303 e. The summed E-state index contributed by atoms with van der Waals surface area (Å²) in [5.41, 5.74) is 1.34. The first-order chi connectivity index (χ1) is 5.79. The summed E-state index contributed by atoms with van der Waals surface area (Å²) in [6.07, 6.45) is 6.46. The van der Waals surface area contributed by atoms with Crippen molar-refractivity contribution in [1.82, 2.24) is 5.32 Å². The van der Waals surface area contributed by atoms with Gasteiger partial charge in [0.25, 0.3) is 0 Å². The van der Waals surface area contributed by atoms with Crippen LogP contribution in [0.3, 0.4) is 0 Å². The van der Waals surface area contributed by atoms with E-state index in [2.05, 4.69) is 11.4 Å². The van der Waals surface area contributed by atoms with Crippen molar-refractivity contribution in [2.75, 3.05) is 6.54 Å². The van der Waals surface area contributed by atoms with Gasteiger partial charge in [0.15, 0.2) is 0 Å². The van der Waals surface area contributed by atoms with Crippen LogP contribution in [0.2, 0.25) is 0 Å². The lowest BCUT2D eigenvalue weighted by Gasteiger charge is -2.00. The van der Waals surface area contributed by atoms with Gasteiger partial charge in [0.2, 0.25) is 0 Å². The highest BCUT2D eigenvalue weighted by atomic mass is 16.4. The number of hydrogen-bond donors (Lipinski definition) is 2. The fourth-order valence-corrected chi connectivity index (χ4v) is 1.02. The molecule has 0 aliphatic heterocycles. The average Bonchev–Trinajstić information content (AvgIpc) is 2.79. The van der Waals surface area contributed by atoms with Gasteiger partial charge in [0.05, 0.1) is 0 Å². The Kier molecular flexibility index (Phi) is 3.64. The Bertz CT molecular complexity index is 181. The van der Waals surface area contributed by atoms with Gasteiger partial charge in [0.1, 0.15) is 0 Å². The predicted molar refractivity (Wildman–Crippen MR) is 46.8 cm³/mol. The van der Waals surface area contributed by atoms with Crippen molar-refractivity contribution in [2.24, 2.45) is 0 Å². The molecule has 0 aromatic carbocycles. The molecule has 1 rings (SSSR count). The summed E-state index contributed by atoms with van der Waals surface area (Å²) < 4.78 is 0. The monoisotopic (exact) mass is 169 g/mol. The molecule has 0 saturated heterocycles. The second kappa shape index (κ2) is 4.80. The lowest BCUT2D eigenvalue weighted by molar-refractivity contribution is -0.137. The second-order valence-electron chi connectivity index (χ2n) is 3.06. The van der Waals surface area contributed by atoms with Crippen molar-refractivity contribution >= 4 is 5.97 Å². The number of rotatable bonds is 7. The number of aliphatic carboxylic acids is 1. The zero-order valence-corrected chi connectivity index (χ0v) is 7.18. The molecule has 3 nitrogen and oxygen atoms in total. The third-order valence-electron chi connectivity index (χ3n) is 1.83. The largest absolute Gasteiger partial charge is 0.481 e. The molecular weight excluding hydrogens is 154 g/mol. The van der Waals surface area contributed by atoms with E-state index in [1.165, 1.54) is 5.70 Å². The second-order valence-corrected chi connectivity index (χ2v) is 3.06. The number of carboxylic acids is 1. The molecule has 12 heavy (non-hydrogen) atoms. The summed E-state index contributed by atoms with van der Waals surface area (Å²) >= 11 is 0. The van der Waals surface area contributed by atoms with Gasteiger partial charge in [-0.05, 0) is 12.8 Å². The lowest BCUT2D eigenvalue weighted by atomic mass is 10.2. The number of hydrogen-bond acceptors (Lipinski definition) is 2. The molecule has 0 unspecified atom stereocenters. The molecule has 3 heteroatoms. The molecule has 0 amide bonds. The highest BCUT2D eigenvalue weighted by molar-refractivity contribution is 5.66. The van der Waals surface area contributed by atoms with E-state index in [1.807, 2.05) is 0 Å². The molecule has 0 saturated carbocycles. The quantitative estimate of drug-likeness (QED) is 0.568. The lowest BCUT2D eigenvalue weighted by Crippen LogP contribution is -2.08. The first-order valence-electron chi connectivity index (χ1n) is 4.44. The molecule has 1 aliphatic rings. The number of nitrogens with one attached hydrogen (secondary N) is 1. The molecule has 68 valence electrons. The SMILES string of the molecule is O=C(O)CCCCCNC1=CC1. The van der Waals surface area contributed by atoms with E-state index in [1.54, 1.807) is 0 Å². The van der Waals surface area contributed by atoms with Crippen molar-refractivity contribution in [3.63, 3.8) is 0 Å². The molecule has 0 bridgehead atoms. The van der Waals surface area contributed by atoms with Crippen molar-refractivity contribution in [1.29, 1.82) is 0 Å². The Labute approximate surface area is 72.5 Å². The van der Waals surface area contributed by atoms with Crippen molar-refractivity contribution in [3.8, 4) is 0 Å². The van der Waals surface area contributed by atoms with Gasteiger partial charge in [-0.15, -0.1) is 0 Å². The molecule has 0 aromatic rings. The van der Waals surface area contributed by atoms with E-state index in [0.29, 0.717) is 6.42 Å². The van der Waals surface area contributed by atoms with Gasteiger partial charge in [-0.3, -0.25) is 4.79 Å². The first-order valence-corrected chi connectivity index (χ1v) is 4.44. The van der Waals surface area contributed by atoms with Gasteiger partial charge >= 0.3 is 5.97 Å². The van der Waals surface area contributed by atoms with Crippen molar-refractivity contribution < 1.29 is 9.90 Å². The van der Waals surface area contributed by atoms with Crippen LogP contribution in [0.1, 0.15) is 32.1 Å². The van der Waals surface area contributed by atoms with E-state index in [4.69, 9.17) is 5.11 Å². The summed E-state index contributed by atoms with van der Waals surface area (Å²) in [6, 6.07) is 0. The standard InChI is InChI=1S/C9H15NO2/c11-9(12)4-2-1-3-7-10-8-5-6-8/h5,10H,1-4,6-7H2,(H,11,12).